The molecular weight excluding hydrogens is 254 g/mol. The van der Waals surface area contributed by atoms with E-state index in [2.05, 4.69) is 5.32 Å². The molecule has 1 heterocycles. The Morgan fingerprint density at radius 3 is 2.95 bits per heavy atom. The van der Waals surface area contributed by atoms with Crippen LogP contribution in [0.5, 0.6) is 0 Å². The van der Waals surface area contributed by atoms with E-state index in [0.29, 0.717) is 12.2 Å². The van der Waals surface area contributed by atoms with Gasteiger partial charge in [-0.2, -0.15) is 0 Å². The molecule has 2 aromatic rings. The van der Waals surface area contributed by atoms with Gasteiger partial charge in [0, 0.05) is 12.5 Å². The molecule has 0 spiro atoms. The first kappa shape index (κ1) is 12.7. The maximum atomic E-state index is 11.9. The van der Waals surface area contributed by atoms with Crippen molar-refractivity contribution >= 4 is 12.0 Å². The number of hydrogen-bond acceptors (Lipinski definition) is 3. The Morgan fingerprint density at radius 1 is 1.30 bits per heavy atom. The lowest BCUT2D eigenvalue weighted by atomic mass is 10.1. The highest BCUT2D eigenvalue weighted by molar-refractivity contribution is 5.91. The SMILES string of the molecule is O=C(/C=C/c1ccco1)NC1c2ccccc2CC1O. The highest BCUT2D eigenvalue weighted by atomic mass is 16.3. The maximum absolute atomic E-state index is 11.9. The predicted octanol–water partition coefficient (Wildman–Crippen LogP) is 2.07. The second-order valence-corrected chi connectivity index (χ2v) is 4.81. The first-order valence-corrected chi connectivity index (χ1v) is 6.52. The molecule has 1 aliphatic rings. The number of rotatable bonds is 3. The number of furan rings is 1. The van der Waals surface area contributed by atoms with Crippen LogP contribution in [0.4, 0.5) is 0 Å². The zero-order valence-corrected chi connectivity index (χ0v) is 10.8. The smallest absolute Gasteiger partial charge is 0.244 e. The second-order valence-electron chi connectivity index (χ2n) is 4.81. The van der Waals surface area contributed by atoms with Gasteiger partial charge in [0.2, 0.25) is 5.91 Å². The van der Waals surface area contributed by atoms with Crippen LogP contribution in [0, 0.1) is 0 Å². The minimum atomic E-state index is -0.576. The van der Waals surface area contributed by atoms with Gasteiger partial charge in [-0.3, -0.25) is 4.79 Å². The number of aliphatic hydroxyl groups excluding tert-OH is 1. The van der Waals surface area contributed by atoms with Gasteiger partial charge in [-0.25, -0.2) is 0 Å². The molecule has 4 nitrogen and oxygen atoms in total. The number of hydrogen-bond donors (Lipinski definition) is 2. The summed E-state index contributed by atoms with van der Waals surface area (Å²) in [6, 6.07) is 10.9. The molecule has 1 aromatic heterocycles. The molecule has 0 saturated heterocycles. The van der Waals surface area contributed by atoms with Crippen LogP contribution in [0.3, 0.4) is 0 Å². The first-order valence-electron chi connectivity index (χ1n) is 6.52. The van der Waals surface area contributed by atoms with Gasteiger partial charge in [0.05, 0.1) is 18.4 Å². The second kappa shape index (κ2) is 5.35. The molecule has 0 bridgehead atoms. The van der Waals surface area contributed by atoms with E-state index in [9.17, 15) is 9.90 Å². The Labute approximate surface area is 116 Å². The van der Waals surface area contributed by atoms with Crippen LogP contribution >= 0.6 is 0 Å². The van der Waals surface area contributed by atoms with Gasteiger partial charge >= 0.3 is 0 Å². The molecule has 1 aliphatic carbocycles. The number of carbonyl (C=O) groups is 1. The van der Waals surface area contributed by atoms with Crippen LogP contribution in [-0.4, -0.2) is 17.1 Å². The third kappa shape index (κ3) is 2.51. The van der Waals surface area contributed by atoms with Gasteiger partial charge in [-0.1, -0.05) is 24.3 Å². The molecule has 2 atom stereocenters. The average molecular weight is 269 g/mol. The van der Waals surface area contributed by atoms with Crippen molar-refractivity contribution in [2.75, 3.05) is 0 Å². The van der Waals surface area contributed by atoms with Gasteiger partial charge in [0.15, 0.2) is 0 Å². The highest BCUT2D eigenvalue weighted by Crippen LogP contribution is 2.31. The Hall–Kier alpha value is -2.33. The largest absolute Gasteiger partial charge is 0.465 e. The Balaban J connectivity index is 1.70. The molecule has 3 rings (SSSR count). The molecular formula is C16H15NO3. The summed E-state index contributed by atoms with van der Waals surface area (Å²) < 4.78 is 5.12. The normalized spacial score (nSPS) is 21.1. The molecule has 20 heavy (non-hydrogen) atoms. The molecule has 0 saturated carbocycles. The molecule has 0 radical (unpaired) electrons. The van der Waals surface area contributed by atoms with Crippen molar-refractivity contribution in [1.29, 1.82) is 0 Å². The standard InChI is InChI=1S/C16H15NO3/c18-14-10-11-4-1-2-6-13(11)16(14)17-15(19)8-7-12-5-3-9-20-12/h1-9,14,16,18H,10H2,(H,17,19)/b8-7+. The minimum absolute atomic E-state index is 0.248. The lowest BCUT2D eigenvalue weighted by Crippen LogP contribution is -2.32. The molecule has 1 amide bonds. The van der Waals surface area contributed by atoms with Gasteiger partial charge < -0.3 is 14.8 Å². The Bertz CT molecular complexity index is 631. The molecule has 2 unspecified atom stereocenters. The van der Waals surface area contributed by atoms with E-state index in [-0.39, 0.29) is 11.9 Å². The van der Waals surface area contributed by atoms with E-state index in [1.807, 2.05) is 24.3 Å². The van der Waals surface area contributed by atoms with Gasteiger partial charge in [-0.15, -0.1) is 0 Å². The van der Waals surface area contributed by atoms with Gasteiger partial charge in [0.1, 0.15) is 5.76 Å². The molecule has 0 aliphatic heterocycles. The first-order chi connectivity index (χ1) is 9.74. The van der Waals surface area contributed by atoms with E-state index in [1.54, 1.807) is 24.5 Å². The van der Waals surface area contributed by atoms with Crippen LogP contribution in [0.2, 0.25) is 0 Å². The molecule has 102 valence electrons. The van der Waals surface area contributed by atoms with Crippen LogP contribution < -0.4 is 5.32 Å². The number of aliphatic hydroxyl groups is 1. The van der Waals surface area contributed by atoms with Gasteiger partial charge in [-0.05, 0) is 29.3 Å². The third-order valence-corrected chi connectivity index (χ3v) is 3.44. The zero-order valence-electron chi connectivity index (χ0n) is 10.8. The lowest BCUT2D eigenvalue weighted by molar-refractivity contribution is -0.117. The predicted molar refractivity (Wildman–Crippen MR) is 74.8 cm³/mol. The number of nitrogens with one attached hydrogen (secondary N) is 1. The monoisotopic (exact) mass is 269 g/mol. The number of amides is 1. The summed E-state index contributed by atoms with van der Waals surface area (Å²) in [7, 11) is 0. The summed E-state index contributed by atoms with van der Waals surface area (Å²) in [6.45, 7) is 0. The topological polar surface area (TPSA) is 62.5 Å². The number of benzene rings is 1. The van der Waals surface area contributed by atoms with E-state index >= 15 is 0 Å². The van der Waals surface area contributed by atoms with Crippen molar-refractivity contribution in [3.05, 3.63) is 65.6 Å². The van der Waals surface area contributed by atoms with Crippen molar-refractivity contribution < 1.29 is 14.3 Å². The summed E-state index contributed by atoms with van der Waals surface area (Å²) in [5, 5.41) is 12.9. The fraction of sp³-hybridized carbons (Fsp3) is 0.188. The van der Waals surface area contributed by atoms with E-state index in [0.717, 1.165) is 11.1 Å². The fourth-order valence-electron chi connectivity index (χ4n) is 2.49. The number of fused-ring (bicyclic) bond motifs is 1. The van der Waals surface area contributed by atoms with E-state index < -0.39 is 6.10 Å². The Morgan fingerprint density at radius 2 is 2.15 bits per heavy atom. The number of carbonyl (C=O) groups excluding carboxylic acids is 1. The summed E-state index contributed by atoms with van der Waals surface area (Å²) in [6.07, 6.45) is 4.56. The van der Waals surface area contributed by atoms with Crippen LogP contribution in [0.15, 0.2) is 53.2 Å². The van der Waals surface area contributed by atoms with Crippen molar-refractivity contribution in [2.24, 2.45) is 0 Å². The van der Waals surface area contributed by atoms with Crippen LogP contribution in [-0.2, 0) is 11.2 Å². The minimum Gasteiger partial charge on any atom is -0.465 e. The Kier molecular flexibility index (Phi) is 3.39. The summed E-state index contributed by atoms with van der Waals surface area (Å²) in [5.74, 6) is 0.370. The highest BCUT2D eigenvalue weighted by Gasteiger charge is 2.31. The quantitative estimate of drug-likeness (QED) is 0.838. The van der Waals surface area contributed by atoms with Gasteiger partial charge in [0.25, 0.3) is 0 Å². The zero-order chi connectivity index (χ0) is 13.9. The molecule has 0 fully saturated rings. The van der Waals surface area contributed by atoms with Crippen molar-refractivity contribution in [3.8, 4) is 0 Å². The van der Waals surface area contributed by atoms with Crippen molar-refractivity contribution in [2.45, 2.75) is 18.6 Å². The van der Waals surface area contributed by atoms with Crippen LogP contribution in [0.1, 0.15) is 22.9 Å². The molecule has 4 heteroatoms. The molecule has 1 aromatic carbocycles. The maximum Gasteiger partial charge on any atom is 0.244 e. The summed E-state index contributed by atoms with van der Waals surface area (Å²) in [4.78, 5) is 11.9. The summed E-state index contributed by atoms with van der Waals surface area (Å²) in [5.41, 5.74) is 2.07. The van der Waals surface area contributed by atoms with Crippen molar-refractivity contribution in [3.63, 3.8) is 0 Å². The molecule has 2 N–H and O–H groups in total. The summed E-state index contributed by atoms with van der Waals surface area (Å²) >= 11 is 0. The average Bonchev–Trinajstić information content (AvgIpc) is 3.06. The lowest BCUT2D eigenvalue weighted by Gasteiger charge is -2.16. The van der Waals surface area contributed by atoms with Crippen molar-refractivity contribution in [1.82, 2.24) is 5.32 Å². The fourth-order valence-corrected chi connectivity index (χ4v) is 2.49. The van der Waals surface area contributed by atoms with E-state index in [1.165, 1.54) is 6.08 Å². The van der Waals surface area contributed by atoms with E-state index in [4.69, 9.17) is 4.42 Å². The van der Waals surface area contributed by atoms with Crippen LogP contribution in [0.25, 0.3) is 6.08 Å². The third-order valence-electron chi connectivity index (χ3n) is 3.44.